The van der Waals surface area contributed by atoms with E-state index < -0.39 is 0 Å². The number of nitrogens with two attached hydrogens (primary N) is 1. The molecule has 10 nitrogen and oxygen atoms in total. The van der Waals surface area contributed by atoms with Gasteiger partial charge in [0.1, 0.15) is 18.3 Å². The smallest absolute Gasteiger partial charge is 0.327 e. The van der Waals surface area contributed by atoms with Crippen LogP contribution in [-0.4, -0.2) is 73.1 Å². The molecule has 0 aliphatic carbocycles. The van der Waals surface area contributed by atoms with Gasteiger partial charge in [-0.1, -0.05) is 13.3 Å². The van der Waals surface area contributed by atoms with Crippen LogP contribution in [0.5, 0.6) is 0 Å². The fraction of sp³-hybridized carbons (Fsp3) is 0.714. The lowest BCUT2D eigenvalue weighted by Gasteiger charge is -2.30. The van der Waals surface area contributed by atoms with Gasteiger partial charge in [0.2, 0.25) is 0 Å². The minimum absolute atomic E-state index is 0.0171. The third-order valence-electron chi connectivity index (χ3n) is 5.56. The molecule has 0 spiro atoms. The van der Waals surface area contributed by atoms with Crippen LogP contribution in [-0.2, 0) is 20.8 Å². The van der Waals surface area contributed by atoms with Crippen LogP contribution in [0, 0.1) is 5.92 Å². The molecule has 2 rings (SSSR count). The van der Waals surface area contributed by atoms with Crippen molar-refractivity contribution in [1.29, 1.82) is 0 Å². The first-order valence-corrected chi connectivity index (χ1v) is 11.0. The molecule has 1 fully saturated rings. The summed E-state index contributed by atoms with van der Waals surface area (Å²) in [4.78, 5) is 37.3. The highest BCUT2D eigenvalue weighted by atomic mass is 16.5. The normalized spacial score (nSPS) is 15.9. The van der Waals surface area contributed by atoms with Crippen molar-refractivity contribution in [3.63, 3.8) is 0 Å². The van der Waals surface area contributed by atoms with E-state index in [1.807, 2.05) is 0 Å². The molecule has 1 aromatic heterocycles. The number of esters is 1. The number of hydrogen-bond acceptors (Lipinski definition) is 7. The Labute approximate surface area is 183 Å². The SMILES string of the molecule is C=Nc1c(/C(N)=N\COCCCC)[nH]c(=O)n1CCCCN1CCC(C(=O)OC)CC1. The number of imidazole rings is 1. The maximum Gasteiger partial charge on any atom is 0.327 e. The van der Waals surface area contributed by atoms with Crippen LogP contribution in [0.15, 0.2) is 14.8 Å². The molecule has 1 aliphatic heterocycles. The molecule has 0 radical (unpaired) electrons. The van der Waals surface area contributed by atoms with Crippen molar-refractivity contribution in [1.82, 2.24) is 14.5 Å². The minimum atomic E-state index is -0.277. The molecule has 0 saturated carbocycles. The number of aromatic nitrogens is 2. The second-order valence-electron chi connectivity index (χ2n) is 7.72. The number of aromatic amines is 1. The molecule has 1 aliphatic rings. The van der Waals surface area contributed by atoms with Crippen LogP contribution in [0.2, 0.25) is 0 Å². The summed E-state index contributed by atoms with van der Waals surface area (Å²) < 4.78 is 11.8. The number of carbonyl (C=O) groups is 1. The summed E-state index contributed by atoms with van der Waals surface area (Å²) in [6.45, 7) is 9.65. The predicted molar refractivity (Wildman–Crippen MR) is 121 cm³/mol. The molecular weight excluding hydrogens is 400 g/mol. The van der Waals surface area contributed by atoms with Gasteiger partial charge in [0.05, 0.1) is 13.0 Å². The van der Waals surface area contributed by atoms with Crippen molar-refractivity contribution >= 4 is 24.3 Å². The zero-order chi connectivity index (χ0) is 22.6. The van der Waals surface area contributed by atoms with E-state index in [1.165, 1.54) is 7.11 Å². The van der Waals surface area contributed by atoms with Crippen LogP contribution < -0.4 is 11.4 Å². The third kappa shape index (κ3) is 7.32. The highest BCUT2D eigenvalue weighted by Gasteiger charge is 2.25. The largest absolute Gasteiger partial charge is 0.469 e. The summed E-state index contributed by atoms with van der Waals surface area (Å²) >= 11 is 0. The Balaban J connectivity index is 1.83. The average molecular weight is 437 g/mol. The predicted octanol–water partition coefficient (Wildman–Crippen LogP) is 1.65. The Kier molecular flexibility index (Phi) is 10.5. The number of unbranched alkanes of at least 4 members (excludes halogenated alkanes) is 2. The van der Waals surface area contributed by atoms with Gasteiger partial charge in [-0.25, -0.2) is 14.8 Å². The van der Waals surface area contributed by atoms with Crippen molar-refractivity contribution in [2.24, 2.45) is 21.6 Å². The molecule has 1 aromatic rings. The lowest BCUT2D eigenvalue weighted by molar-refractivity contribution is -0.147. The molecule has 3 N–H and O–H groups in total. The number of amidine groups is 1. The number of H-pyrrole nitrogens is 1. The number of piperidine rings is 1. The maximum atomic E-state index is 12.4. The summed E-state index contributed by atoms with van der Waals surface area (Å²) in [5, 5.41) is 0. The Bertz CT molecular complexity index is 792. The summed E-state index contributed by atoms with van der Waals surface area (Å²) in [6.07, 6.45) is 5.42. The monoisotopic (exact) mass is 436 g/mol. The van der Waals surface area contributed by atoms with Crippen LogP contribution in [0.1, 0.15) is 51.1 Å². The van der Waals surface area contributed by atoms with Gasteiger partial charge in [-0.2, -0.15) is 0 Å². The number of carbonyl (C=O) groups excluding carboxylic acids is 1. The zero-order valence-electron chi connectivity index (χ0n) is 18.8. The maximum absolute atomic E-state index is 12.4. The van der Waals surface area contributed by atoms with Gasteiger partial charge in [-0.3, -0.25) is 9.36 Å². The van der Waals surface area contributed by atoms with E-state index in [4.69, 9.17) is 15.2 Å². The molecule has 174 valence electrons. The summed E-state index contributed by atoms with van der Waals surface area (Å²) in [5.74, 6) is 0.493. The Morgan fingerprint density at radius 2 is 1.97 bits per heavy atom. The van der Waals surface area contributed by atoms with Crippen LogP contribution in [0.4, 0.5) is 5.82 Å². The van der Waals surface area contributed by atoms with Gasteiger partial charge < -0.3 is 25.1 Å². The average Bonchev–Trinajstić information content (AvgIpc) is 3.11. The number of nitrogens with zero attached hydrogens (tertiary/aromatic N) is 4. The molecule has 31 heavy (non-hydrogen) atoms. The number of hydrogen-bond donors (Lipinski definition) is 2. The van der Waals surface area contributed by atoms with E-state index in [0.29, 0.717) is 24.7 Å². The lowest BCUT2D eigenvalue weighted by atomic mass is 9.97. The number of methoxy groups -OCH3 is 1. The van der Waals surface area contributed by atoms with Crippen LogP contribution in [0.25, 0.3) is 0 Å². The van der Waals surface area contributed by atoms with Crippen molar-refractivity contribution in [2.45, 2.75) is 52.0 Å². The van der Waals surface area contributed by atoms with Gasteiger partial charge in [-0.05, 0) is 58.5 Å². The highest BCUT2D eigenvalue weighted by molar-refractivity contribution is 5.99. The van der Waals surface area contributed by atoms with Crippen LogP contribution in [0.3, 0.4) is 0 Å². The van der Waals surface area contributed by atoms with E-state index in [2.05, 4.69) is 33.5 Å². The number of ether oxygens (including phenoxy) is 2. The van der Waals surface area contributed by atoms with Gasteiger partial charge in [0.25, 0.3) is 0 Å². The molecule has 0 unspecified atom stereocenters. The van der Waals surface area contributed by atoms with Crippen LogP contribution >= 0.6 is 0 Å². The minimum Gasteiger partial charge on any atom is -0.469 e. The second kappa shape index (κ2) is 13.1. The molecule has 2 heterocycles. The van der Waals surface area contributed by atoms with E-state index in [0.717, 1.165) is 58.2 Å². The standard InChI is InChI=1S/C21H36N6O4/c1-4-5-14-31-15-24-18(22)17-19(23-2)27(21(29)25-17)11-7-6-10-26-12-8-16(9-13-26)20(28)30-3/h16H,2,4-15H2,1,3H3,(H2,22,24)(H,25,29). The first kappa shape index (κ1) is 24.8. The zero-order valence-corrected chi connectivity index (χ0v) is 18.8. The second-order valence-corrected chi connectivity index (χ2v) is 7.72. The van der Waals surface area contributed by atoms with Crippen molar-refractivity contribution < 1.29 is 14.3 Å². The van der Waals surface area contributed by atoms with Gasteiger partial charge in [0.15, 0.2) is 5.82 Å². The fourth-order valence-corrected chi connectivity index (χ4v) is 3.68. The summed E-state index contributed by atoms with van der Waals surface area (Å²) in [7, 11) is 1.44. The number of rotatable bonds is 13. The van der Waals surface area contributed by atoms with Crippen molar-refractivity contribution in [2.75, 3.05) is 40.1 Å². The molecule has 10 heteroatoms. The van der Waals surface area contributed by atoms with E-state index in [9.17, 15) is 9.59 Å². The molecule has 1 saturated heterocycles. The van der Waals surface area contributed by atoms with Crippen molar-refractivity contribution in [3.05, 3.63) is 16.2 Å². The Hall–Kier alpha value is -2.46. The van der Waals surface area contributed by atoms with E-state index in [1.54, 1.807) is 4.57 Å². The lowest BCUT2D eigenvalue weighted by Crippen LogP contribution is -2.37. The van der Waals surface area contributed by atoms with Gasteiger partial charge in [0, 0.05) is 13.2 Å². The number of aliphatic imine (C=N–C) groups is 2. The number of likely N-dealkylation sites (tertiary alicyclic amines) is 1. The quantitative estimate of drug-likeness (QED) is 0.209. The summed E-state index contributed by atoms with van der Waals surface area (Å²) in [5.41, 5.74) is 6.12. The van der Waals surface area contributed by atoms with Crippen molar-refractivity contribution in [3.8, 4) is 0 Å². The first-order chi connectivity index (χ1) is 15.0. The topological polar surface area (TPSA) is 127 Å². The van der Waals surface area contributed by atoms with Gasteiger partial charge >= 0.3 is 11.7 Å². The molecule has 0 amide bonds. The Morgan fingerprint density at radius 3 is 2.61 bits per heavy atom. The van der Waals surface area contributed by atoms with E-state index in [-0.39, 0.29) is 30.1 Å². The fourth-order valence-electron chi connectivity index (χ4n) is 3.68. The molecule has 0 aromatic carbocycles. The molecule has 0 atom stereocenters. The number of nitrogens with one attached hydrogen (secondary N) is 1. The Morgan fingerprint density at radius 1 is 1.26 bits per heavy atom. The van der Waals surface area contributed by atoms with E-state index >= 15 is 0 Å². The first-order valence-electron chi connectivity index (χ1n) is 11.0. The molecular formula is C21H36N6O4. The molecule has 0 bridgehead atoms. The van der Waals surface area contributed by atoms with Gasteiger partial charge in [-0.15, -0.1) is 0 Å². The third-order valence-corrected chi connectivity index (χ3v) is 5.56. The highest BCUT2D eigenvalue weighted by Crippen LogP contribution is 2.19. The summed E-state index contributed by atoms with van der Waals surface area (Å²) in [6, 6.07) is 0.